The summed E-state index contributed by atoms with van der Waals surface area (Å²) in [6, 6.07) is 10.2. The normalized spacial score (nSPS) is 19.5. The lowest BCUT2D eigenvalue weighted by atomic mass is 9.89. The smallest absolute Gasteiger partial charge is 0.319 e. The van der Waals surface area contributed by atoms with Crippen LogP contribution >= 0.6 is 11.6 Å². The van der Waals surface area contributed by atoms with Gasteiger partial charge in [0.15, 0.2) is 11.5 Å². The molecule has 0 saturated carbocycles. The van der Waals surface area contributed by atoms with Crippen LogP contribution in [0.1, 0.15) is 24.8 Å². The first kappa shape index (κ1) is 30.3. The van der Waals surface area contributed by atoms with Gasteiger partial charge in [-0.25, -0.2) is 4.79 Å². The number of nitrogens with zero attached hydrogens (tertiary/aromatic N) is 2. The maximum absolute atomic E-state index is 13.1. The van der Waals surface area contributed by atoms with Crippen LogP contribution in [0, 0.1) is 5.92 Å². The number of carboxylic acids is 1. The lowest BCUT2D eigenvalue weighted by Gasteiger charge is -2.38. The van der Waals surface area contributed by atoms with Crippen LogP contribution in [0.15, 0.2) is 36.4 Å². The van der Waals surface area contributed by atoms with E-state index in [1.165, 1.54) is 31.8 Å². The zero-order valence-electron chi connectivity index (χ0n) is 23.5. The van der Waals surface area contributed by atoms with Gasteiger partial charge in [-0.05, 0) is 56.0 Å². The van der Waals surface area contributed by atoms with Gasteiger partial charge in [-0.1, -0.05) is 23.7 Å². The van der Waals surface area contributed by atoms with Crippen molar-refractivity contribution in [2.24, 2.45) is 5.92 Å². The van der Waals surface area contributed by atoms with Crippen molar-refractivity contribution in [1.82, 2.24) is 15.1 Å². The number of carbonyl (C=O) groups excluding carboxylic acids is 2. The molecule has 2 atom stereocenters. The number of likely N-dealkylation sites (tertiary alicyclic amines) is 2. The second-order valence-electron chi connectivity index (χ2n) is 10.4. The van der Waals surface area contributed by atoms with Gasteiger partial charge in [0.2, 0.25) is 11.7 Å². The molecule has 0 bridgehead atoms. The second kappa shape index (κ2) is 13.8. The molecule has 4 rings (SSSR count). The Hall–Kier alpha value is -3.70. The molecule has 3 amide bonds. The quantitative estimate of drug-likeness (QED) is 0.360. The number of aliphatic carboxylic acids is 1. The predicted molar refractivity (Wildman–Crippen MR) is 154 cm³/mol. The number of methoxy groups -OCH3 is 3. The third kappa shape index (κ3) is 7.74. The zero-order valence-corrected chi connectivity index (χ0v) is 24.3. The van der Waals surface area contributed by atoms with Crippen LogP contribution in [0.4, 0.5) is 10.5 Å². The minimum absolute atomic E-state index is 0.144. The van der Waals surface area contributed by atoms with Crippen molar-refractivity contribution in [3.8, 4) is 17.2 Å². The molecule has 3 N–H and O–H groups in total. The van der Waals surface area contributed by atoms with Gasteiger partial charge >= 0.3 is 12.0 Å². The zero-order chi connectivity index (χ0) is 29.5. The Kier molecular flexibility index (Phi) is 10.2. The van der Waals surface area contributed by atoms with Crippen LogP contribution < -0.4 is 24.8 Å². The molecule has 0 aliphatic carbocycles. The lowest BCUT2D eigenvalue weighted by Crippen LogP contribution is -2.54. The van der Waals surface area contributed by atoms with Crippen LogP contribution in [0.25, 0.3) is 0 Å². The molecule has 2 heterocycles. The summed E-state index contributed by atoms with van der Waals surface area (Å²) >= 11 is 6.02. The highest BCUT2D eigenvalue weighted by molar-refractivity contribution is 6.30. The summed E-state index contributed by atoms with van der Waals surface area (Å²) in [7, 11) is 4.48. The average Bonchev–Trinajstić information content (AvgIpc) is 3.37. The molecular formula is C29H37ClN4O7. The molecule has 11 nitrogen and oxygen atoms in total. The van der Waals surface area contributed by atoms with Crippen molar-refractivity contribution in [2.45, 2.75) is 37.8 Å². The Morgan fingerprint density at radius 1 is 0.976 bits per heavy atom. The number of urea groups is 1. The van der Waals surface area contributed by atoms with E-state index in [0.29, 0.717) is 35.4 Å². The van der Waals surface area contributed by atoms with E-state index in [1.807, 2.05) is 12.1 Å². The van der Waals surface area contributed by atoms with E-state index in [2.05, 4.69) is 27.7 Å². The molecule has 0 radical (unpaired) electrons. The summed E-state index contributed by atoms with van der Waals surface area (Å²) in [6.45, 7) is 2.21. The van der Waals surface area contributed by atoms with E-state index < -0.39 is 24.3 Å². The molecule has 2 unspecified atom stereocenters. The van der Waals surface area contributed by atoms with E-state index in [9.17, 15) is 14.4 Å². The number of hydrogen-bond donors (Lipinski definition) is 3. The second-order valence-corrected chi connectivity index (χ2v) is 10.8. The fourth-order valence-corrected chi connectivity index (χ4v) is 5.80. The number of carboxylic acid groups (broad SMARTS) is 1. The van der Waals surface area contributed by atoms with E-state index in [1.54, 1.807) is 12.1 Å². The van der Waals surface area contributed by atoms with E-state index >= 15 is 0 Å². The molecule has 0 aromatic heterocycles. The van der Waals surface area contributed by atoms with Gasteiger partial charge in [-0.3, -0.25) is 14.5 Å². The van der Waals surface area contributed by atoms with Gasteiger partial charge in [0.25, 0.3) is 0 Å². The summed E-state index contributed by atoms with van der Waals surface area (Å²) in [5.74, 6) is 0.0818. The standard InChI is InChI=1S/C29H37ClN4O7/c1-39-24-13-21(14-25(40-2)28(24)41-3)31-29(38)32-22-16-34(26(35)15-27(36)37)17-23(22)33-10-8-19(9-11-33)12-18-4-6-20(30)7-5-18/h4-7,13-14,19,22-23H,8-12,15-17H2,1-3H3,(H,36,37)(H2,31,32,38). The SMILES string of the molecule is COc1cc(NC(=O)NC2CN(C(=O)CC(=O)O)CC2N2CCC(Cc3ccc(Cl)cc3)CC2)cc(OC)c1OC. The molecule has 2 saturated heterocycles. The molecular weight excluding hydrogens is 552 g/mol. The number of hydrogen-bond acceptors (Lipinski definition) is 7. The number of amides is 3. The molecule has 222 valence electrons. The van der Waals surface area contributed by atoms with Gasteiger partial charge in [-0.15, -0.1) is 0 Å². The minimum atomic E-state index is -1.17. The summed E-state index contributed by atoms with van der Waals surface area (Å²) in [6.07, 6.45) is 2.34. The Labute approximate surface area is 244 Å². The van der Waals surface area contributed by atoms with E-state index in [0.717, 1.165) is 37.4 Å². The van der Waals surface area contributed by atoms with Crippen molar-refractivity contribution >= 4 is 35.2 Å². The van der Waals surface area contributed by atoms with Gasteiger partial charge < -0.3 is 34.9 Å². The Bertz CT molecular complexity index is 1210. The topological polar surface area (TPSA) is 130 Å². The summed E-state index contributed by atoms with van der Waals surface area (Å²) in [4.78, 5) is 40.8. The molecule has 2 aromatic rings. The highest BCUT2D eigenvalue weighted by atomic mass is 35.5. The Morgan fingerprint density at radius 2 is 1.61 bits per heavy atom. The van der Waals surface area contributed by atoms with Crippen LogP contribution in [-0.4, -0.2) is 92.4 Å². The minimum Gasteiger partial charge on any atom is -0.493 e. The molecule has 0 spiro atoms. The number of rotatable bonds is 10. The first-order chi connectivity index (χ1) is 19.7. The highest BCUT2D eigenvalue weighted by Crippen LogP contribution is 2.40. The number of carbonyl (C=O) groups is 3. The van der Waals surface area contributed by atoms with Crippen molar-refractivity contribution < 1.29 is 33.7 Å². The van der Waals surface area contributed by atoms with Gasteiger partial charge in [0.1, 0.15) is 6.42 Å². The van der Waals surface area contributed by atoms with Gasteiger partial charge in [-0.2, -0.15) is 0 Å². The fourth-order valence-electron chi connectivity index (χ4n) is 5.67. The molecule has 2 aliphatic heterocycles. The van der Waals surface area contributed by atoms with Crippen molar-refractivity contribution in [3.05, 3.63) is 47.0 Å². The highest BCUT2D eigenvalue weighted by Gasteiger charge is 2.41. The summed E-state index contributed by atoms with van der Waals surface area (Å²) in [5.41, 5.74) is 1.69. The Balaban J connectivity index is 1.43. The molecule has 12 heteroatoms. The van der Waals surface area contributed by atoms with E-state index in [4.69, 9.17) is 30.9 Å². The number of ether oxygens (including phenoxy) is 3. The van der Waals surface area contributed by atoms with Crippen LogP contribution in [0.3, 0.4) is 0 Å². The van der Waals surface area contributed by atoms with Crippen molar-refractivity contribution in [1.29, 1.82) is 0 Å². The number of benzene rings is 2. The summed E-state index contributed by atoms with van der Waals surface area (Å²) in [5, 5.41) is 15.7. The third-order valence-electron chi connectivity index (χ3n) is 7.74. The maximum atomic E-state index is 13.1. The fraction of sp³-hybridized carbons (Fsp3) is 0.483. The largest absolute Gasteiger partial charge is 0.493 e. The molecule has 2 aliphatic rings. The van der Waals surface area contributed by atoms with Crippen LogP contribution in [0.5, 0.6) is 17.2 Å². The van der Waals surface area contributed by atoms with Gasteiger partial charge in [0, 0.05) is 36.3 Å². The molecule has 41 heavy (non-hydrogen) atoms. The maximum Gasteiger partial charge on any atom is 0.319 e. The predicted octanol–water partition coefficient (Wildman–Crippen LogP) is 3.50. The lowest BCUT2D eigenvalue weighted by molar-refractivity contribution is -0.143. The number of halogens is 1. The Morgan fingerprint density at radius 3 is 2.17 bits per heavy atom. The first-order valence-corrected chi connectivity index (χ1v) is 13.9. The molecule has 2 fully saturated rings. The third-order valence-corrected chi connectivity index (χ3v) is 7.99. The average molecular weight is 589 g/mol. The first-order valence-electron chi connectivity index (χ1n) is 13.6. The number of anilines is 1. The number of nitrogens with one attached hydrogen (secondary N) is 2. The molecule has 2 aromatic carbocycles. The van der Waals surface area contributed by atoms with Gasteiger partial charge in [0.05, 0.1) is 33.1 Å². The number of piperidine rings is 1. The van der Waals surface area contributed by atoms with Crippen LogP contribution in [0.2, 0.25) is 5.02 Å². The monoisotopic (exact) mass is 588 g/mol. The van der Waals surface area contributed by atoms with Crippen molar-refractivity contribution in [3.63, 3.8) is 0 Å². The van der Waals surface area contributed by atoms with Crippen molar-refractivity contribution in [2.75, 3.05) is 52.8 Å². The van der Waals surface area contributed by atoms with Crippen LogP contribution in [-0.2, 0) is 16.0 Å². The van der Waals surface area contributed by atoms with E-state index in [-0.39, 0.29) is 18.6 Å². The summed E-state index contributed by atoms with van der Waals surface area (Å²) < 4.78 is 16.1.